The van der Waals surface area contributed by atoms with Crippen LogP contribution < -0.4 is 11.1 Å². The van der Waals surface area contributed by atoms with E-state index in [9.17, 15) is 14.7 Å². The Hall–Kier alpha value is -2.43. The summed E-state index contributed by atoms with van der Waals surface area (Å²) >= 11 is 0. The fraction of sp³-hybridized carbons (Fsp3) is 0.550. The van der Waals surface area contributed by atoms with E-state index in [2.05, 4.69) is 11.4 Å². The van der Waals surface area contributed by atoms with E-state index in [0.717, 1.165) is 5.56 Å². The number of nitrogens with two attached hydrogens (primary N) is 1. The molecule has 0 bridgehead atoms. The van der Waals surface area contributed by atoms with E-state index in [0.29, 0.717) is 5.56 Å². The van der Waals surface area contributed by atoms with Gasteiger partial charge < -0.3 is 21.1 Å². The van der Waals surface area contributed by atoms with Crippen LogP contribution in [0.25, 0.3) is 0 Å². The van der Waals surface area contributed by atoms with Gasteiger partial charge in [-0.3, -0.25) is 9.59 Å². The minimum absolute atomic E-state index is 0.103. The van der Waals surface area contributed by atoms with E-state index >= 15 is 0 Å². The number of nitriles is 1. The molecule has 0 aliphatic carbocycles. The number of nitrogens with one attached hydrogen (secondary N) is 1. The predicted molar refractivity (Wildman–Crippen MR) is 101 cm³/mol. The summed E-state index contributed by atoms with van der Waals surface area (Å²) in [5.41, 5.74) is 7.03. The number of carbonyl (C=O) groups is 2. The lowest BCUT2D eigenvalue weighted by Crippen LogP contribution is -2.55. The minimum atomic E-state index is -0.756. The van der Waals surface area contributed by atoms with Crippen molar-refractivity contribution in [2.45, 2.75) is 58.3 Å². The molecule has 1 aromatic carbocycles. The van der Waals surface area contributed by atoms with Gasteiger partial charge in [-0.1, -0.05) is 32.9 Å². The highest BCUT2D eigenvalue weighted by Crippen LogP contribution is 2.25. The molecule has 0 saturated carbocycles. The fourth-order valence-electron chi connectivity index (χ4n) is 3.09. The Morgan fingerprint density at radius 1 is 1.33 bits per heavy atom. The van der Waals surface area contributed by atoms with Crippen LogP contribution in [-0.2, 0) is 9.59 Å². The Morgan fingerprint density at radius 2 is 1.93 bits per heavy atom. The van der Waals surface area contributed by atoms with Crippen LogP contribution in [0.15, 0.2) is 24.3 Å². The Kier molecular flexibility index (Phi) is 6.24. The third-order valence-corrected chi connectivity index (χ3v) is 4.96. The fourth-order valence-corrected chi connectivity index (χ4v) is 3.09. The molecule has 1 aromatic rings. The first-order valence-corrected chi connectivity index (χ1v) is 9.09. The van der Waals surface area contributed by atoms with E-state index in [-0.39, 0.29) is 30.8 Å². The highest BCUT2D eigenvalue weighted by atomic mass is 16.3. The number of amides is 2. The number of hydrogen-bond acceptors (Lipinski definition) is 5. The zero-order valence-electron chi connectivity index (χ0n) is 16.3. The molecular weight excluding hydrogens is 344 g/mol. The van der Waals surface area contributed by atoms with Crippen LogP contribution in [0.3, 0.4) is 0 Å². The SMILES string of the molecule is C[C@H](NC(=O)C1CC(O)CN1C(=O)C(N)C(C)(C)C)c1ccc(C#N)cc1. The standard InChI is InChI=1S/C20H28N4O3/c1-12(14-7-5-13(10-21)6-8-14)23-18(26)16-9-15(25)11-24(16)19(27)17(22)20(2,3)4/h5-8,12,15-17,25H,9,11,22H2,1-4H3,(H,23,26)/t12-,15?,16?,17?/m0/s1. The molecule has 1 aliphatic rings. The van der Waals surface area contributed by atoms with E-state index in [4.69, 9.17) is 11.0 Å². The van der Waals surface area contributed by atoms with Gasteiger partial charge >= 0.3 is 0 Å². The van der Waals surface area contributed by atoms with Gasteiger partial charge in [-0.15, -0.1) is 0 Å². The first kappa shape index (κ1) is 20.9. The molecule has 146 valence electrons. The minimum Gasteiger partial charge on any atom is -0.391 e. The van der Waals surface area contributed by atoms with E-state index < -0.39 is 23.6 Å². The summed E-state index contributed by atoms with van der Waals surface area (Å²) in [6.07, 6.45) is -0.559. The molecule has 1 fully saturated rings. The van der Waals surface area contributed by atoms with Crippen LogP contribution in [0, 0.1) is 16.7 Å². The van der Waals surface area contributed by atoms with Crippen molar-refractivity contribution in [3.63, 3.8) is 0 Å². The molecule has 1 heterocycles. The summed E-state index contributed by atoms with van der Waals surface area (Å²) in [6.45, 7) is 7.53. The zero-order valence-corrected chi connectivity index (χ0v) is 16.3. The Labute approximate surface area is 160 Å². The normalized spacial score (nSPS) is 22.0. The Balaban J connectivity index is 2.10. The molecule has 7 heteroatoms. The quantitative estimate of drug-likeness (QED) is 0.730. The molecule has 0 aromatic heterocycles. The molecule has 1 aliphatic heterocycles. The maximum absolute atomic E-state index is 12.8. The van der Waals surface area contributed by atoms with Gasteiger partial charge in [0.1, 0.15) is 6.04 Å². The summed E-state index contributed by atoms with van der Waals surface area (Å²) in [5.74, 6) is -0.650. The first-order chi connectivity index (χ1) is 12.5. The average Bonchev–Trinajstić information content (AvgIpc) is 3.01. The van der Waals surface area contributed by atoms with Crippen molar-refractivity contribution in [2.75, 3.05) is 6.54 Å². The average molecular weight is 372 g/mol. The number of aliphatic hydroxyl groups is 1. The largest absolute Gasteiger partial charge is 0.391 e. The maximum Gasteiger partial charge on any atom is 0.243 e. The molecule has 1 saturated heterocycles. The lowest BCUT2D eigenvalue weighted by Gasteiger charge is -2.32. The maximum atomic E-state index is 12.8. The number of likely N-dealkylation sites (tertiary alicyclic amines) is 1. The van der Waals surface area contributed by atoms with Gasteiger partial charge in [-0.25, -0.2) is 0 Å². The number of benzene rings is 1. The van der Waals surface area contributed by atoms with Crippen molar-refractivity contribution >= 4 is 11.8 Å². The number of rotatable bonds is 4. The summed E-state index contributed by atoms with van der Waals surface area (Å²) in [5, 5.41) is 21.8. The van der Waals surface area contributed by atoms with Gasteiger partial charge in [-0.2, -0.15) is 5.26 Å². The summed E-state index contributed by atoms with van der Waals surface area (Å²) in [6, 6.07) is 7.20. The molecule has 2 rings (SSSR count). The van der Waals surface area contributed by atoms with Crippen molar-refractivity contribution in [3.05, 3.63) is 35.4 Å². The van der Waals surface area contributed by atoms with Crippen molar-refractivity contribution in [2.24, 2.45) is 11.1 Å². The highest BCUT2D eigenvalue weighted by Gasteiger charge is 2.42. The lowest BCUT2D eigenvalue weighted by atomic mass is 9.86. The van der Waals surface area contributed by atoms with E-state index in [1.807, 2.05) is 27.7 Å². The molecule has 0 spiro atoms. The number of hydrogen-bond donors (Lipinski definition) is 3. The Bertz CT molecular complexity index is 733. The molecule has 3 unspecified atom stereocenters. The third kappa shape index (κ3) is 4.85. The smallest absolute Gasteiger partial charge is 0.243 e. The molecule has 4 atom stereocenters. The number of β-amino-alcohol motifs (C(OH)–C–C–N with tert-alkyl or cyclic N) is 1. The zero-order chi connectivity index (χ0) is 20.4. The third-order valence-electron chi connectivity index (χ3n) is 4.96. The van der Waals surface area contributed by atoms with Gasteiger partial charge in [0.25, 0.3) is 0 Å². The predicted octanol–water partition coefficient (Wildman–Crippen LogP) is 1.07. The molecule has 0 radical (unpaired) electrons. The number of nitrogens with zero attached hydrogens (tertiary/aromatic N) is 2. The van der Waals surface area contributed by atoms with Crippen molar-refractivity contribution < 1.29 is 14.7 Å². The molecular formula is C20H28N4O3. The number of carbonyl (C=O) groups excluding carboxylic acids is 2. The Morgan fingerprint density at radius 3 is 2.44 bits per heavy atom. The second kappa shape index (κ2) is 8.07. The molecule has 2 amide bonds. The van der Waals surface area contributed by atoms with Crippen molar-refractivity contribution in [1.82, 2.24) is 10.2 Å². The van der Waals surface area contributed by atoms with Crippen molar-refractivity contribution in [1.29, 1.82) is 5.26 Å². The second-order valence-electron chi connectivity index (χ2n) is 8.20. The van der Waals surface area contributed by atoms with Gasteiger partial charge in [0, 0.05) is 13.0 Å². The first-order valence-electron chi connectivity index (χ1n) is 9.09. The van der Waals surface area contributed by atoms with Gasteiger partial charge in [0.05, 0.1) is 29.8 Å². The summed E-state index contributed by atoms with van der Waals surface area (Å²) < 4.78 is 0. The van der Waals surface area contributed by atoms with Crippen LogP contribution in [0.5, 0.6) is 0 Å². The monoisotopic (exact) mass is 372 g/mol. The van der Waals surface area contributed by atoms with Crippen LogP contribution in [-0.4, -0.2) is 46.6 Å². The molecule has 7 nitrogen and oxygen atoms in total. The summed E-state index contributed by atoms with van der Waals surface area (Å²) in [4.78, 5) is 26.9. The highest BCUT2D eigenvalue weighted by molar-refractivity contribution is 5.91. The van der Waals surface area contributed by atoms with Gasteiger partial charge in [0.15, 0.2) is 0 Å². The van der Waals surface area contributed by atoms with Gasteiger partial charge in [-0.05, 0) is 30.0 Å². The van der Waals surface area contributed by atoms with Crippen LogP contribution >= 0.6 is 0 Å². The molecule has 27 heavy (non-hydrogen) atoms. The van der Waals surface area contributed by atoms with Crippen LogP contribution in [0.2, 0.25) is 0 Å². The van der Waals surface area contributed by atoms with Crippen LogP contribution in [0.1, 0.15) is 51.3 Å². The second-order valence-corrected chi connectivity index (χ2v) is 8.20. The van der Waals surface area contributed by atoms with Crippen LogP contribution in [0.4, 0.5) is 0 Å². The summed E-state index contributed by atoms with van der Waals surface area (Å²) in [7, 11) is 0. The van der Waals surface area contributed by atoms with Crippen molar-refractivity contribution in [3.8, 4) is 6.07 Å². The van der Waals surface area contributed by atoms with Gasteiger partial charge in [0.2, 0.25) is 11.8 Å². The van der Waals surface area contributed by atoms with E-state index in [1.54, 1.807) is 24.3 Å². The molecule has 4 N–H and O–H groups in total. The van der Waals surface area contributed by atoms with E-state index in [1.165, 1.54) is 4.90 Å². The lowest BCUT2D eigenvalue weighted by molar-refractivity contribution is -0.141. The number of aliphatic hydroxyl groups excluding tert-OH is 1. The topological polar surface area (TPSA) is 119 Å².